The Bertz CT molecular complexity index is 92.1. The molecule has 1 nitrogen and oxygen atoms in total. The fourth-order valence-electron chi connectivity index (χ4n) is 0.466. The highest BCUT2D eigenvalue weighted by atomic mass is 14.7. The molecule has 0 unspecified atom stereocenters. The number of hydrogen-bond acceptors (Lipinski definition) is 1. The van der Waals surface area contributed by atoms with Crippen LogP contribution in [-0.2, 0) is 0 Å². The molecule has 1 rings (SSSR count). The minimum atomic E-state index is 0.957. The molecule has 1 heterocycles. The molecule has 0 aromatic carbocycles. The highest BCUT2D eigenvalue weighted by Crippen LogP contribution is 2.00. The zero-order chi connectivity index (χ0) is 4.41. The van der Waals surface area contributed by atoms with Crippen molar-refractivity contribution >= 4 is 6.21 Å². The van der Waals surface area contributed by atoms with E-state index in [-0.39, 0.29) is 0 Å². The lowest BCUT2D eigenvalue weighted by atomic mass is 10.3. The van der Waals surface area contributed by atoms with Crippen molar-refractivity contribution in [3.05, 3.63) is 12.2 Å². The van der Waals surface area contributed by atoms with Gasteiger partial charge in [0.2, 0.25) is 0 Å². The molecule has 0 saturated carbocycles. The number of nitrogens with zero attached hydrogens (tertiary/aromatic N) is 1. The Morgan fingerprint density at radius 1 is 1.83 bits per heavy atom. The number of hydrogen-bond donors (Lipinski definition) is 0. The fraction of sp³-hybridized carbons (Fsp3) is 0.400. The van der Waals surface area contributed by atoms with E-state index in [0.717, 1.165) is 18.5 Å². The fourth-order valence-corrected chi connectivity index (χ4v) is 0.466. The Kier molecular flexibility index (Phi) is 0.748. The summed E-state index contributed by atoms with van der Waals surface area (Å²) in [5.41, 5.74) is 1.16. The van der Waals surface area contributed by atoms with Gasteiger partial charge in [-0.2, -0.15) is 0 Å². The van der Waals surface area contributed by atoms with Crippen LogP contribution in [0.3, 0.4) is 0 Å². The maximum Gasteiger partial charge on any atom is 0.0430 e. The summed E-state index contributed by atoms with van der Waals surface area (Å²) in [7, 11) is 0. The molecule has 32 valence electrons. The monoisotopic (exact) mass is 81.1 g/mol. The number of rotatable bonds is 0. The lowest BCUT2D eigenvalue weighted by molar-refractivity contribution is 1.05. The first-order valence-corrected chi connectivity index (χ1v) is 2.07. The molecule has 0 amide bonds. The first kappa shape index (κ1) is 3.59. The predicted octanol–water partition coefficient (Wildman–Crippen LogP) is 1.02. The zero-order valence-corrected chi connectivity index (χ0v) is 3.65. The number of aliphatic imine (C=N–C) groups is 1. The molecular weight excluding hydrogens is 74.1 g/mol. The average Bonchev–Trinajstić information content (AvgIpc) is 1.86. The molecule has 1 aliphatic heterocycles. The summed E-state index contributed by atoms with van der Waals surface area (Å²) < 4.78 is 0. The van der Waals surface area contributed by atoms with E-state index in [4.69, 9.17) is 0 Å². The third-order valence-corrected chi connectivity index (χ3v) is 0.836. The van der Waals surface area contributed by atoms with Gasteiger partial charge in [0.1, 0.15) is 0 Å². The van der Waals surface area contributed by atoms with Crippen LogP contribution in [-0.4, -0.2) is 12.8 Å². The van der Waals surface area contributed by atoms with Gasteiger partial charge >= 0.3 is 0 Å². The van der Waals surface area contributed by atoms with Gasteiger partial charge in [-0.3, -0.25) is 4.99 Å². The van der Waals surface area contributed by atoms with Crippen LogP contribution in [0.4, 0.5) is 0 Å². The Morgan fingerprint density at radius 3 is 2.83 bits per heavy atom. The van der Waals surface area contributed by atoms with Crippen molar-refractivity contribution in [2.75, 3.05) is 6.54 Å². The molecule has 6 heavy (non-hydrogen) atoms. The maximum absolute atomic E-state index is 3.94. The van der Waals surface area contributed by atoms with Gasteiger partial charge in [0.25, 0.3) is 0 Å². The SMILES string of the molecule is C=C1C=NCC1. The smallest absolute Gasteiger partial charge is 0.0430 e. The van der Waals surface area contributed by atoms with Crippen molar-refractivity contribution in [2.45, 2.75) is 6.42 Å². The first-order chi connectivity index (χ1) is 2.89. The van der Waals surface area contributed by atoms with Gasteiger partial charge in [0.05, 0.1) is 0 Å². The predicted molar refractivity (Wildman–Crippen MR) is 27.1 cm³/mol. The van der Waals surface area contributed by atoms with Crippen molar-refractivity contribution in [3.63, 3.8) is 0 Å². The van der Waals surface area contributed by atoms with Crippen LogP contribution in [0.25, 0.3) is 0 Å². The van der Waals surface area contributed by atoms with Crippen LogP contribution >= 0.6 is 0 Å². The second kappa shape index (κ2) is 1.25. The second-order valence-electron chi connectivity index (χ2n) is 1.44. The topological polar surface area (TPSA) is 12.4 Å². The van der Waals surface area contributed by atoms with E-state index >= 15 is 0 Å². The molecule has 0 aromatic rings. The van der Waals surface area contributed by atoms with Crippen LogP contribution in [0.15, 0.2) is 17.1 Å². The Morgan fingerprint density at radius 2 is 2.67 bits per heavy atom. The van der Waals surface area contributed by atoms with Gasteiger partial charge in [-0.1, -0.05) is 6.58 Å². The molecule has 0 radical (unpaired) electrons. The van der Waals surface area contributed by atoms with Crippen LogP contribution in [0.5, 0.6) is 0 Å². The van der Waals surface area contributed by atoms with Gasteiger partial charge in [0.15, 0.2) is 0 Å². The van der Waals surface area contributed by atoms with Crippen molar-refractivity contribution in [3.8, 4) is 0 Å². The molecule has 0 aliphatic carbocycles. The largest absolute Gasteiger partial charge is 0.293 e. The minimum Gasteiger partial charge on any atom is -0.293 e. The molecule has 0 atom stereocenters. The van der Waals surface area contributed by atoms with E-state index in [1.54, 1.807) is 0 Å². The summed E-state index contributed by atoms with van der Waals surface area (Å²) in [5, 5.41) is 0. The summed E-state index contributed by atoms with van der Waals surface area (Å²) in [6, 6.07) is 0. The van der Waals surface area contributed by atoms with Crippen LogP contribution < -0.4 is 0 Å². The molecule has 0 bridgehead atoms. The Hall–Kier alpha value is -0.590. The molecule has 0 saturated heterocycles. The van der Waals surface area contributed by atoms with E-state index in [1.807, 2.05) is 6.21 Å². The van der Waals surface area contributed by atoms with E-state index in [9.17, 15) is 0 Å². The lowest BCUT2D eigenvalue weighted by Crippen LogP contribution is -1.69. The van der Waals surface area contributed by atoms with E-state index in [1.165, 1.54) is 0 Å². The van der Waals surface area contributed by atoms with Crippen molar-refractivity contribution in [1.82, 2.24) is 0 Å². The van der Waals surface area contributed by atoms with Gasteiger partial charge in [-0.25, -0.2) is 0 Å². The van der Waals surface area contributed by atoms with Crippen molar-refractivity contribution in [1.29, 1.82) is 0 Å². The highest BCUT2D eigenvalue weighted by molar-refractivity contribution is 5.79. The van der Waals surface area contributed by atoms with Crippen molar-refractivity contribution < 1.29 is 0 Å². The highest BCUT2D eigenvalue weighted by Gasteiger charge is 1.92. The Balaban J connectivity index is 2.59. The zero-order valence-electron chi connectivity index (χ0n) is 3.65. The normalized spacial score (nSPS) is 19.7. The summed E-state index contributed by atoms with van der Waals surface area (Å²) in [6.45, 7) is 4.66. The molecule has 0 aromatic heterocycles. The third-order valence-electron chi connectivity index (χ3n) is 0.836. The van der Waals surface area contributed by atoms with Gasteiger partial charge in [-0.15, -0.1) is 0 Å². The van der Waals surface area contributed by atoms with Crippen LogP contribution in [0.2, 0.25) is 0 Å². The standard InChI is InChI=1S/C5H7N/c1-5-2-3-6-4-5/h4H,1-3H2. The van der Waals surface area contributed by atoms with Gasteiger partial charge in [-0.05, 0) is 12.0 Å². The maximum atomic E-state index is 3.94. The summed E-state index contributed by atoms with van der Waals surface area (Å²) in [6.07, 6.45) is 2.90. The summed E-state index contributed by atoms with van der Waals surface area (Å²) in [4.78, 5) is 3.94. The van der Waals surface area contributed by atoms with Gasteiger partial charge in [0, 0.05) is 12.8 Å². The first-order valence-electron chi connectivity index (χ1n) is 2.07. The summed E-state index contributed by atoms with van der Waals surface area (Å²) >= 11 is 0. The van der Waals surface area contributed by atoms with E-state index in [0.29, 0.717) is 0 Å². The molecule has 0 spiro atoms. The van der Waals surface area contributed by atoms with Crippen LogP contribution in [0, 0.1) is 0 Å². The molecule has 1 aliphatic rings. The summed E-state index contributed by atoms with van der Waals surface area (Å²) in [5.74, 6) is 0. The Labute approximate surface area is 37.4 Å². The third kappa shape index (κ3) is 0.482. The van der Waals surface area contributed by atoms with Gasteiger partial charge < -0.3 is 0 Å². The van der Waals surface area contributed by atoms with E-state index < -0.39 is 0 Å². The molecular formula is C5H7N. The second-order valence-corrected chi connectivity index (χ2v) is 1.44. The molecule has 0 N–H and O–H groups in total. The quantitative estimate of drug-likeness (QED) is 0.413. The molecule has 0 fully saturated rings. The average molecular weight is 81.1 g/mol. The minimum absolute atomic E-state index is 0.957. The van der Waals surface area contributed by atoms with E-state index in [2.05, 4.69) is 11.6 Å². The van der Waals surface area contributed by atoms with Crippen LogP contribution in [0.1, 0.15) is 6.42 Å². The van der Waals surface area contributed by atoms with Crippen molar-refractivity contribution in [2.24, 2.45) is 4.99 Å². The molecule has 1 heteroatoms. The lowest BCUT2D eigenvalue weighted by Gasteiger charge is -1.75.